The molecule has 6 rings (SSSR count). The third kappa shape index (κ3) is 5.57. The topological polar surface area (TPSA) is 103 Å². The second-order valence-electron chi connectivity index (χ2n) is 11.9. The van der Waals surface area contributed by atoms with Crippen molar-refractivity contribution in [2.45, 2.75) is 39.7 Å². The molecule has 2 saturated heterocycles. The van der Waals surface area contributed by atoms with Crippen molar-refractivity contribution in [3.63, 3.8) is 0 Å². The van der Waals surface area contributed by atoms with Crippen LogP contribution in [0, 0.1) is 37.5 Å². The number of anilines is 1. The van der Waals surface area contributed by atoms with Crippen LogP contribution in [-0.2, 0) is 11.4 Å². The standard InChI is InChI=1S/C32H37N3O5S/c1-19-3-8-28(40-17-25-7-4-22(12-20(25)2)30(37)34-10-9-21(13-34)16-36)26(11-19)27-18-41-32(33-27)35-14-23-5-6-24(15-35)29(23)31(38)39/h3-4,7-8,11-12,18,21,23-24,29,36H,5-6,9-10,13-17H2,1-2H3,(H,38,39)/t21-,23+,24+/m1/s1. The molecule has 1 aromatic heterocycles. The number of carbonyl (C=O) groups excluding carboxylic acids is 1. The highest BCUT2D eigenvalue weighted by Crippen LogP contribution is 2.44. The molecule has 3 atom stereocenters. The van der Waals surface area contributed by atoms with Gasteiger partial charge in [-0.15, -0.1) is 11.3 Å². The Kier molecular flexibility index (Phi) is 7.74. The van der Waals surface area contributed by atoms with E-state index in [2.05, 4.69) is 23.3 Å². The van der Waals surface area contributed by atoms with Crippen molar-refractivity contribution in [1.29, 1.82) is 0 Å². The van der Waals surface area contributed by atoms with Crippen molar-refractivity contribution in [3.8, 4) is 17.0 Å². The van der Waals surface area contributed by atoms with Crippen LogP contribution >= 0.6 is 11.3 Å². The van der Waals surface area contributed by atoms with Gasteiger partial charge in [0, 0.05) is 55.2 Å². The molecule has 2 aliphatic heterocycles. The summed E-state index contributed by atoms with van der Waals surface area (Å²) in [6.45, 7) is 7.33. The summed E-state index contributed by atoms with van der Waals surface area (Å²) in [4.78, 5) is 33.8. The van der Waals surface area contributed by atoms with E-state index in [1.807, 2.05) is 42.2 Å². The lowest BCUT2D eigenvalue weighted by Crippen LogP contribution is -2.44. The second kappa shape index (κ2) is 11.4. The van der Waals surface area contributed by atoms with Crippen molar-refractivity contribution in [2.75, 3.05) is 37.7 Å². The summed E-state index contributed by atoms with van der Waals surface area (Å²) in [6.07, 6.45) is 2.79. The Labute approximate surface area is 244 Å². The van der Waals surface area contributed by atoms with Crippen molar-refractivity contribution in [1.82, 2.24) is 9.88 Å². The Bertz CT molecular complexity index is 1440. The average Bonchev–Trinajstić information content (AvgIpc) is 3.70. The van der Waals surface area contributed by atoms with Crippen LogP contribution in [0.15, 0.2) is 41.8 Å². The molecule has 41 heavy (non-hydrogen) atoms. The summed E-state index contributed by atoms with van der Waals surface area (Å²) in [7, 11) is 0. The molecule has 2 aromatic carbocycles. The number of hydrogen-bond donors (Lipinski definition) is 2. The number of likely N-dealkylation sites (tertiary alicyclic amines) is 1. The van der Waals surface area contributed by atoms with E-state index >= 15 is 0 Å². The van der Waals surface area contributed by atoms with Gasteiger partial charge in [0.15, 0.2) is 5.13 Å². The lowest BCUT2D eigenvalue weighted by atomic mass is 9.85. The van der Waals surface area contributed by atoms with Crippen molar-refractivity contribution < 1.29 is 24.5 Å². The fourth-order valence-electron chi connectivity index (χ4n) is 6.78. The lowest BCUT2D eigenvalue weighted by molar-refractivity contribution is -0.144. The summed E-state index contributed by atoms with van der Waals surface area (Å²) in [5.41, 5.74) is 5.59. The number of ether oxygens (including phenoxy) is 1. The molecule has 9 heteroatoms. The third-order valence-electron chi connectivity index (χ3n) is 9.10. The molecule has 3 aliphatic rings. The molecule has 8 nitrogen and oxygen atoms in total. The third-order valence-corrected chi connectivity index (χ3v) is 10.00. The van der Waals surface area contributed by atoms with Crippen LogP contribution in [0.25, 0.3) is 11.3 Å². The van der Waals surface area contributed by atoms with Gasteiger partial charge in [-0.05, 0) is 80.3 Å². The smallest absolute Gasteiger partial charge is 0.307 e. The van der Waals surface area contributed by atoms with Gasteiger partial charge < -0.3 is 24.7 Å². The molecule has 0 unspecified atom stereocenters. The number of carboxylic acid groups (broad SMARTS) is 1. The predicted octanol–water partition coefficient (Wildman–Crippen LogP) is 5.01. The number of piperidine rings is 1. The van der Waals surface area contributed by atoms with Crippen LogP contribution in [0.3, 0.4) is 0 Å². The van der Waals surface area contributed by atoms with E-state index in [4.69, 9.17) is 9.72 Å². The van der Waals surface area contributed by atoms with Crippen LogP contribution in [0.4, 0.5) is 5.13 Å². The van der Waals surface area contributed by atoms with E-state index in [1.165, 1.54) is 0 Å². The summed E-state index contributed by atoms with van der Waals surface area (Å²) < 4.78 is 6.34. The number of aliphatic hydroxyl groups excluding tert-OH is 1. The number of fused-ring (bicyclic) bond motifs is 2. The SMILES string of the molecule is Cc1ccc(OCc2ccc(C(=O)N3CC[C@@H](CO)C3)cc2C)c(-c2csc(N3C[C@@H]4CC[C@@H](C3)C4C(=O)O)n2)c1. The van der Waals surface area contributed by atoms with Gasteiger partial charge in [0.2, 0.25) is 0 Å². The fraction of sp³-hybridized carbons (Fsp3) is 0.469. The van der Waals surface area contributed by atoms with Gasteiger partial charge in [-0.2, -0.15) is 0 Å². The second-order valence-corrected chi connectivity index (χ2v) is 12.7. The maximum absolute atomic E-state index is 13.0. The molecule has 2 bridgehead atoms. The predicted molar refractivity (Wildman–Crippen MR) is 158 cm³/mol. The highest BCUT2D eigenvalue weighted by atomic mass is 32.1. The Balaban J connectivity index is 1.15. The fourth-order valence-corrected chi connectivity index (χ4v) is 7.63. The zero-order valence-electron chi connectivity index (χ0n) is 23.6. The number of nitrogens with zero attached hydrogens (tertiary/aromatic N) is 3. The first-order valence-corrected chi connectivity index (χ1v) is 15.4. The molecule has 1 aliphatic carbocycles. The van der Waals surface area contributed by atoms with E-state index in [1.54, 1.807) is 11.3 Å². The summed E-state index contributed by atoms with van der Waals surface area (Å²) in [6, 6.07) is 11.9. The maximum atomic E-state index is 13.0. The number of carboxylic acids is 1. The maximum Gasteiger partial charge on any atom is 0.307 e. The first-order chi connectivity index (χ1) is 19.8. The minimum atomic E-state index is -0.655. The Hall–Kier alpha value is -3.43. The molecule has 3 heterocycles. The van der Waals surface area contributed by atoms with Crippen LogP contribution in [-0.4, -0.2) is 64.8 Å². The number of hydrogen-bond acceptors (Lipinski definition) is 7. The van der Waals surface area contributed by atoms with E-state index in [9.17, 15) is 19.8 Å². The number of amides is 1. The number of rotatable bonds is 8. The lowest BCUT2D eigenvalue weighted by Gasteiger charge is -2.35. The Morgan fingerprint density at radius 2 is 1.83 bits per heavy atom. The zero-order valence-corrected chi connectivity index (χ0v) is 24.4. The Morgan fingerprint density at radius 1 is 1.05 bits per heavy atom. The van der Waals surface area contributed by atoms with Crippen molar-refractivity contribution >= 4 is 28.3 Å². The summed E-state index contributed by atoms with van der Waals surface area (Å²) in [5.74, 6) is 0.434. The highest BCUT2D eigenvalue weighted by molar-refractivity contribution is 7.14. The minimum absolute atomic E-state index is 0.0110. The van der Waals surface area contributed by atoms with Gasteiger partial charge in [0.25, 0.3) is 5.91 Å². The van der Waals surface area contributed by atoms with Gasteiger partial charge in [-0.25, -0.2) is 4.98 Å². The van der Waals surface area contributed by atoms with Crippen LogP contribution < -0.4 is 9.64 Å². The quantitative estimate of drug-likeness (QED) is 0.389. The largest absolute Gasteiger partial charge is 0.488 e. The summed E-state index contributed by atoms with van der Waals surface area (Å²) >= 11 is 1.60. The number of benzene rings is 2. The number of carbonyl (C=O) groups is 2. The number of aliphatic carboxylic acids is 1. The number of aliphatic hydroxyl groups is 1. The van der Waals surface area contributed by atoms with Crippen LogP contribution in [0.2, 0.25) is 0 Å². The van der Waals surface area contributed by atoms with Gasteiger partial charge in [-0.1, -0.05) is 17.7 Å². The number of aromatic nitrogens is 1. The highest BCUT2D eigenvalue weighted by Gasteiger charge is 2.46. The van der Waals surface area contributed by atoms with E-state index in [0.717, 1.165) is 71.2 Å². The molecule has 0 spiro atoms. The van der Waals surface area contributed by atoms with Gasteiger partial charge >= 0.3 is 5.97 Å². The minimum Gasteiger partial charge on any atom is -0.488 e. The molecule has 2 N–H and O–H groups in total. The van der Waals surface area contributed by atoms with Crippen molar-refractivity contribution in [2.24, 2.45) is 23.7 Å². The molecule has 1 amide bonds. The molecule has 0 radical (unpaired) electrons. The normalized spacial score (nSPS) is 23.7. The molecule has 3 fully saturated rings. The van der Waals surface area contributed by atoms with Gasteiger partial charge in [-0.3, -0.25) is 9.59 Å². The Morgan fingerprint density at radius 3 is 2.51 bits per heavy atom. The summed E-state index contributed by atoms with van der Waals surface area (Å²) in [5, 5.41) is 22.1. The molecule has 3 aromatic rings. The monoisotopic (exact) mass is 575 g/mol. The average molecular weight is 576 g/mol. The van der Waals surface area contributed by atoms with Crippen LogP contribution in [0.1, 0.15) is 46.3 Å². The van der Waals surface area contributed by atoms with Crippen molar-refractivity contribution in [3.05, 3.63) is 64.0 Å². The molecule has 216 valence electrons. The zero-order chi connectivity index (χ0) is 28.7. The van der Waals surface area contributed by atoms with E-state index < -0.39 is 5.97 Å². The molecular weight excluding hydrogens is 538 g/mol. The number of thiazole rings is 1. The van der Waals surface area contributed by atoms with E-state index in [-0.39, 0.29) is 36.2 Å². The first-order valence-electron chi connectivity index (χ1n) is 14.5. The van der Waals surface area contributed by atoms with Gasteiger partial charge in [0.05, 0.1) is 11.6 Å². The number of aryl methyl sites for hydroxylation is 2. The van der Waals surface area contributed by atoms with E-state index in [0.29, 0.717) is 25.3 Å². The molecular formula is C32H37N3O5S. The molecule has 1 saturated carbocycles. The van der Waals surface area contributed by atoms with Gasteiger partial charge in [0.1, 0.15) is 12.4 Å². The first kappa shape index (κ1) is 27.7. The van der Waals surface area contributed by atoms with Crippen LogP contribution in [0.5, 0.6) is 5.75 Å².